The van der Waals surface area contributed by atoms with Gasteiger partial charge in [-0.2, -0.15) is 0 Å². The van der Waals surface area contributed by atoms with Crippen LogP contribution in [0, 0.1) is 0 Å². The van der Waals surface area contributed by atoms with Crippen molar-refractivity contribution in [3.8, 4) is 0 Å². The van der Waals surface area contributed by atoms with Crippen LogP contribution >= 0.6 is 0 Å². The summed E-state index contributed by atoms with van der Waals surface area (Å²) in [7, 11) is 0. The van der Waals surface area contributed by atoms with Gasteiger partial charge in [0.1, 0.15) is 0 Å². The maximum atomic E-state index is 0. The van der Waals surface area contributed by atoms with Crippen LogP contribution in [0.5, 0.6) is 0 Å². The van der Waals surface area contributed by atoms with Gasteiger partial charge in [0.25, 0.3) is 0 Å². The molecular formula is H3AgAlAuCu2. The second-order valence-corrected chi connectivity index (χ2v) is 0. The molecule has 0 rings (SSSR count). The molecule has 0 saturated carbocycles. The van der Waals surface area contributed by atoms with Crippen molar-refractivity contribution < 1.29 is 78.9 Å². The summed E-state index contributed by atoms with van der Waals surface area (Å²) in [4.78, 5) is 0. The van der Waals surface area contributed by atoms with Crippen molar-refractivity contribution in [2.75, 3.05) is 0 Å². The molecule has 5 heteroatoms. The summed E-state index contributed by atoms with van der Waals surface area (Å²) in [6.45, 7) is 0. The van der Waals surface area contributed by atoms with Crippen LogP contribution in [0.3, 0.4) is 0 Å². The molecule has 0 spiro atoms. The molecular weight excluding hydrogens is 459 g/mol. The Morgan fingerprint density at radius 1 is 0.800 bits per heavy atom. The van der Waals surface area contributed by atoms with Gasteiger partial charge >= 0.3 is 0 Å². The third kappa shape index (κ3) is 19.3. The number of hydrogen-bond donors (Lipinski definition) is 0. The van der Waals surface area contributed by atoms with Crippen molar-refractivity contribution in [1.29, 1.82) is 0 Å². The van der Waals surface area contributed by atoms with Gasteiger partial charge < -0.3 is 0 Å². The summed E-state index contributed by atoms with van der Waals surface area (Å²) in [5.41, 5.74) is 0. The predicted molar refractivity (Wildman–Crippen MR) is 9.94 cm³/mol. The minimum atomic E-state index is 0. The summed E-state index contributed by atoms with van der Waals surface area (Å²) >= 11 is 0. The number of hydrogen-bond acceptors (Lipinski definition) is 0. The molecule has 0 fully saturated rings. The first-order valence-electron chi connectivity index (χ1n) is 0. The van der Waals surface area contributed by atoms with E-state index in [0.717, 1.165) is 0 Å². The Hall–Kier alpha value is 3.05. The van der Waals surface area contributed by atoms with Crippen molar-refractivity contribution in [2.45, 2.75) is 0 Å². The molecule has 0 atom stereocenters. The summed E-state index contributed by atoms with van der Waals surface area (Å²) in [6.07, 6.45) is 0. The Morgan fingerprint density at radius 2 is 0.800 bits per heavy atom. The first-order chi connectivity index (χ1) is 0. The van der Waals surface area contributed by atoms with Crippen LogP contribution in [0.1, 0.15) is 0 Å². The Bertz CT molecular complexity index is 9.61. The maximum Gasteiger partial charge on any atom is 0.187 e. The molecule has 0 aromatic heterocycles. The third-order valence-corrected chi connectivity index (χ3v) is 0. The molecule has 0 aliphatic carbocycles. The van der Waals surface area contributed by atoms with Gasteiger partial charge in [-0.1, -0.05) is 0 Å². The average Bonchev–Trinajstić information content (AvgIpc) is 0. The first kappa shape index (κ1) is 43.0. The van der Waals surface area contributed by atoms with Crippen molar-refractivity contribution in [3.05, 3.63) is 0 Å². The van der Waals surface area contributed by atoms with Gasteiger partial charge in [0.15, 0.2) is 17.4 Å². The van der Waals surface area contributed by atoms with Gasteiger partial charge in [0, 0.05) is 78.9 Å². The van der Waals surface area contributed by atoms with Gasteiger partial charge in [-0.3, -0.25) is 0 Å². The first-order valence-corrected chi connectivity index (χ1v) is 0. The van der Waals surface area contributed by atoms with Crippen LogP contribution in [0.25, 0.3) is 0 Å². The fraction of sp³-hybridized carbons (Fsp3) is 0. The van der Waals surface area contributed by atoms with Crippen LogP contribution < -0.4 is 0 Å². The van der Waals surface area contributed by atoms with Crippen LogP contribution in [-0.2, 0) is 78.9 Å². The minimum Gasteiger partial charge on any atom is 0 e. The van der Waals surface area contributed by atoms with E-state index in [9.17, 15) is 0 Å². The summed E-state index contributed by atoms with van der Waals surface area (Å²) < 4.78 is 0. The van der Waals surface area contributed by atoms with E-state index in [1.807, 2.05) is 0 Å². The molecule has 0 aliphatic heterocycles. The Labute approximate surface area is 94.7 Å². The third-order valence-electron chi connectivity index (χ3n) is 0. The Kier molecular flexibility index (Phi) is 238. The van der Waals surface area contributed by atoms with Gasteiger partial charge in [0.2, 0.25) is 0 Å². The molecule has 0 aromatic rings. The van der Waals surface area contributed by atoms with E-state index >= 15 is 0 Å². The van der Waals surface area contributed by atoms with Crippen molar-refractivity contribution >= 4 is 17.4 Å². The maximum absolute atomic E-state index is 0. The molecule has 0 amide bonds. The second kappa shape index (κ2) is 27.7. The normalized spacial score (nSPS) is 0. The van der Waals surface area contributed by atoms with E-state index in [0.29, 0.717) is 0 Å². The summed E-state index contributed by atoms with van der Waals surface area (Å²) in [6, 6.07) is 0. The van der Waals surface area contributed by atoms with E-state index in [1.54, 1.807) is 0 Å². The van der Waals surface area contributed by atoms with Crippen molar-refractivity contribution in [1.82, 2.24) is 0 Å². The van der Waals surface area contributed by atoms with Gasteiger partial charge in [-0.15, -0.1) is 0 Å². The summed E-state index contributed by atoms with van der Waals surface area (Å²) in [5, 5.41) is 0. The van der Waals surface area contributed by atoms with Crippen LogP contribution in [0.4, 0.5) is 0 Å². The molecule has 0 nitrogen and oxygen atoms in total. The molecule has 0 unspecified atom stereocenters. The van der Waals surface area contributed by atoms with Crippen LogP contribution in [0.15, 0.2) is 0 Å². The Morgan fingerprint density at radius 3 is 0.800 bits per heavy atom. The smallest absolute Gasteiger partial charge is 0 e. The van der Waals surface area contributed by atoms with Gasteiger partial charge in [-0.05, 0) is 0 Å². The van der Waals surface area contributed by atoms with E-state index in [1.165, 1.54) is 0 Å². The zero-order valence-corrected chi connectivity index (χ0v) is 6.74. The molecule has 0 heterocycles. The molecule has 0 N–H and O–H groups in total. The molecule has 5 heavy (non-hydrogen) atoms. The summed E-state index contributed by atoms with van der Waals surface area (Å²) in [5.74, 6) is 0. The monoisotopic (exact) mass is 460 g/mol. The topological polar surface area (TPSA) is 0 Å². The zero-order chi connectivity index (χ0) is 0. The largest absolute Gasteiger partial charge is 0.187 e. The average molecular weight is 462 g/mol. The predicted octanol–water partition coefficient (Wildman–Crippen LogP) is -1.19. The quantitative estimate of drug-likeness (QED) is 0.398. The minimum absolute atomic E-state index is 0. The standard InChI is InChI=1S/Ag.Al.Au.2Cu.3H. The van der Waals surface area contributed by atoms with Crippen LogP contribution in [0.2, 0.25) is 0 Å². The molecule has 0 aliphatic rings. The fourth-order valence-electron chi connectivity index (χ4n) is 0. The Balaban J connectivity index is 0. The fourth-order valence-corrected chi connectivity index (χ4v) is 0. The SMILES string of the molecule is [Ag].[AlH3].[Au].[Cu].[Cu]. The van der Waals surface area contributed by atoms with E-state index in [4.69, 9.17) is 0 Å². The molecule has 0 aromatic carbocycles. The molecule has 4 radical (unpaired) electrons. The van der Waals surface area contributed by atoms with Crippen molar-refractivity contribution in [2.24, 2.45) is 0 Å². The van der Waals surface area contributed by atoms with Crippen molar-refractivity contribution in [3.63, 3.8) is 0 Å². The van der Waals surface area contributed by atoms with Gasteiger partial charge in [-0.25, -0.2) is 0 Å². The van der Waals surface area contributed by atoms with E-state index in [2.05, 4.69) is 0 Å². The van der Waals surface area contributed by atoms with E-state index < -0.39 is 0 Å². The zero-order valence-electron chi connectivity index (χ0n) is 1.21. The second-order valence-electron chi connectivity index (χ2n) is 0. The molecule has 50 valence electrons. The van der Waals surface area contributed by atoms with Gasteiger partial charge in [0.05, 0.1) is 0 Å². The molecule has 0 saturated heterocycles. The van der Waals surface area contributed by atoms with E-state index in [-0.39, 0.29) is 96.3 Å². The number of rotatable bonds is 0. The van der Waals surface area contributed by atoms with Crippen LogP contribution in [-0.4, -0.2) is 17.4 Å². The molecule has 0 bridgehead atoms.